The van der Waals surface area contributed by atoms with Gasteiger partial charge in [-0.1, -0.05) is 30.8 Å². The highest BCUT2D eigenvalue weighted by molar-refractivity contribution is 5.74. The molecule has 5 nitrogen and oxygen atoms in total. The molecule has 0 amide bonds. The third-order valence-corrected chi connectivity index (χ3v) is 5.82. The molecule has 0 spiro atoms. The zero-order chi connectivity index (χ0) is 23.4. The summed E-state index contributed by atoms with van der Waals surface area (Å²) in [4.78, 5) is 13.5. The highest BCUT2D eigenvalue weighted by Crippen LogP contribution is 2.35. The lowest BCUT2D eigenvalue weighted by atomic mass is 10.0. The van der Waals surface area contributed by atoms with E-state index >= 15 is 0 Å². The molecule has 1 aromatic carbocycles. The van der Waals surface area contributed by atoms with Crippen molar-refractivity contribution in [2.24, 2.45) is 0 Å². The number of nitrogens with zero attached hydrogens (tertiary/aromatic N) is 4. The first kappa shape index (κ1) is 22.7. The molecule has 0 unspecified atom stereocenters. The van der Waals surface area contributed by atoms with Crippen LogP contribution in [0.3, 0.4) is 0 Å². The molecule has 172 valence electrons. The topological polar surface area (TPSA) is 44.3 Å². The van der Waals surface area contributed by atoms with E-state index in [-0.39, 0.29) is 5.56 Å². The highest BCUT2D eigenvalue weighted by Gasteiger charge is 2.26. The average molecular weight is 450 g/mol. The Morgan fingerprint density at radius 3 is 2.73 bits per heavy atom. The first-order chi connectivity index (χ1) is 15.8. The first-order valence-corrected chi connectivity index (χ1v) is 11.1. The highest BCUT2D eigenvalue weighted by atomic mass is 19.3. The van der Waals surface area contributed by atoms with Gasteiger partial charge in [-0.15, -0.1) is 0 Å². The summed E-state index contributed by atoms with van der Waals surface area (Å²) in [6.45, 7) is 7.52. The second-order valence-electron chi connectivity index (χ2n) is 8.38. The maximum atomic E-state index is 13.9. The molecule has 0 atom stereocenters. The molecule has 0 bridgehead atoms. The van der Waals surface area contributed by atoms with E-state index in [1.807, 2.05) is 43.4 Å². The largest absolute Gasteiger partial charge is 0.372 e. The molecular weight excluding hydrogens is 420 g/mol. The number of nitrogens with one attached hydrogen (secondary N) is 1. The fourth-order valence-electron chi connectivity index (χ4n) is 3.98. The van der Waals surface area contributed by atoms with Gasteiger partial charge in [0.2, 0.25) is 0 Å². The van der Waals surface area contributed by atoms with Crippen LogP contribution in [0.4, 0.5) is 20.3 Å². The summed E-state index contributed by atoms with van der Waals surface area (Å²) in [6.07, 6.45) is 3.52. The van der Waals surface area contributed by atoms with Crippen molar-refractivity contribution in [3.8, 4) is 11.3 Å². The van der Waals surface area contributed by atoms with E-state index in [1.165, 1.54) is 12.1 Å². The number of benzene rings is 1. The maximum Gasteiger partial charge on any atom is 0.270 e. The van der Waals surface area contributed by atoms with E-state index in [4.69, 9.17) is 4.98 Å². The van der Waals surface area contributed by atoms with Crippen molar-refractivity contribution in [2.75, 3.05) is 36.5 Å². The molecule has 0 radical (unpaired) electrons. The third kappa shape index (κ3) is 5.30. The van der Waals surface area contributed by atoms with Gasteiger partial charge in [-0.25, -0.2) is 13.8 Å². The molecule has 1 N–H and O–H groups in total. The molecule has 3 heterocycles. The Kier molecular flexibility index (Phi) is 6.58. The first-order valence-electron chi connectivity index (χ1n) is 11.1. The van der Waals surface area contributed by atoms with Crippen molar-refractivity contribution in [3.05, 3.63) is 84.5 Å². The molecule has 2 aromatic heterocycles. The SMILES string of the molecule is C=C(NCCc1ccccn1)N1CCCN(C)c2ccc(-c3cccc(C(C)(F)F)c3)nc21. The number of hydrogen-bond donors (Lipinski definition) is 1. The summed E-state index contributed by atoms with van der Waals surface area (Å²) in [5.41, 5.74) is 3.30. The number of pyridine rings is 2. The van der Waals surface area contributed by atoms with Gasteiger partial charge in [-0.05, 0) is 36.8 Å². The normalized spacial score (nSPS) is 13.9. The van der Waals surface area contributed by atoms with E-state index in [1.54, 1.807) is 12.3 Å². The van der Waals surface area contributed by atoms with Crippen LogP contribution in [0.5, 0.6) is 0 Å². The minimum atomic E-state index is -2.90. The van der Waals surface area contributed by atoms with Gasteiger partial charge in [0.05, 0.1) is 17.2 Å². The van der Waals surface area contributed by atoms with Gasteiger partial charge in [0.1, 0.15) is 0 Å². The predicted octanol–water partition coefficient (Wildman–Crippen LogP) is 5.21. The monoisotopic (exact) mass is 449 g/mol. The Hall–Kier alpha value is -3.48. The lowest BCUT2D eigenvalue weighted by Crippen LogP contribution is -2.33. The van der Waals surface area contributed by atoms with Crippen molar-refractivity contribution in [3.63, 3.8) is 0 Å². The van der Waals surface area contributed by atoms with Crippen molar-refractivity contribution < 1.29 is 8.78 Å². The van der Waals surface area contributed by atoms with Crippen LogP contribution in [0, 0.1) is 0 Å². The van der Waals surface area contributed by atoms with Crippen LogP contribution in [0.25, 0.3) is 11.3 Å². The molecule has 3 aromatic rings. The van der Waals surface area contributed by atoms with E-state index < -0.39 is 5.92 Å². The molecule has 7 heteroatoms. The van der Waals surface area contributed by atoms with E-state index in [9.17, 15) is 8.78 Å². The van der Waals surface area contributed by atoms with Crippen molar-refractivity contribution in [1.29, 1.82) is 0 Å². The number of aromatic nitrogens is 2. The van der Waals surface area contributed by atoms with Gasteiger partial charge in [0, 0.05) is 63.0 Å². The lowest BCUT2D eigenvalue weighted by Gasteiger charge is -2.27. The number of fused-ring (bicyclic) bond motifs is 1. The Bertz CT molecular complexity index is 1110. The zero-order valence-corrected chi connectivity index (χ0v) is 19.1. The van der Waals surface area contributed by atoms with Gasteiger partial charge in [0.15, 0.2) is 5.82 Å². The minimum absolute atomic E-state index is 0.0219. The second kappa shape index (κ2) is 9.57. The molecule has 0 fully saturated rings. The summed E-state index contributed by atoms with van der Waals surface area (Å²) in [6, 6.07) is 16.2. The quantitative estimate of drug-likeness (QED) is 0.537. The van der Waals surface area contributed by atoms with E-state index in [0.29, 0.717) is 17.8 Å². The van der Waals surface area contributed by atoms with Crippen LogP contribution in [0.15, 0.2) is 73.2 Å². The van der Waals surface area contributed by atoms with Crippen molar-refractivity contribution in [1.82, 2.24) is 15.3 Å². The molecule has 0 aliphatic carbocycles. The summed E-state index contributed by atoms with van der Waals surface area (Å²) < 4.78 is 27.8. The summed E-state index contributed by atoms with van der Waals surface area (Å²) in [7, 11) is 2.04. The number of anilines is 2. The standard InChI is InChI=1S/C26H29F2N5/c1-19(29-15-13-22-10-4-5-14-30-22)33-17-7-16-32(3)24-12-11-23(31-25(24)33)20-8-6-9-21(18-20)26(2,27)28/h4-6,8-12,14,18,29H,1,7,13,15-17H2,2-3H3. The van der Waals surface area contributed by atoms with Crippen LogP contribution in [-0.4, -0.2) is 36.6 Å². The fraction of sp³-hybridized carbons (Fsp3) is 0.308. The lowest BCUT2D eigenvalue weighted by molar-refractivity contribution is 0.0175. The molecule has 0 saturated heterocycles. The van der Waals surface area contributed by atoms with Crippen molar-refractivity contribution >= 4 is 11.5 Å². The van der Waals surface area contributed by atoms with Crippen LogP contribution in [-0.2, 0) is 12.3 Å². The van der Waals surface area contributed by atoms with Gasteiger partial charge >= 0.3 is 0 Å². The summed E-state index contributed by atoms with van der Waals surface area (Å²) >= 11 is 0. The van der Waals surface area contributed by atoms with Crippen LogP contribution < -0.4 is 15.1 Å². The van der Waals surface area contributed by atoms with Crippen LogP contribution in [0.2, 0.25) is 0 Å². The minimum Gasteiger partial charge on any atom is -0.372 e. The molecule has 4 rings (SSSR count). The third-order valence-electron chi connectivity index (χ3n) is 5.82. The summed E-state index contributed by atoms with van der Waals surface area (Å²) in [5, 5.41) is 3.41. The van der Waals surface area contributed by atoms with Gasteiger partial charge in [-0.3, -0.25) is 4.98 Å². The molecule has 33 heavy (non-hydrogen) atoms. The van der Waals surface area contributed by atoms with E-state index in [0.717, 1.165) is 55.9 Å². The Labute approximate surface area is 193 Å². The van der Waals surface area contributed by atoms with Crippen LogP contribution >= 0.6 is 0 Å². The van der Waals surface area contributed by atoms with E-state index in [2.05, 4.69) is 26.7 Å². The second-order valence-corrected chi connectivity index (χ2v) is 8.38. The van der Waals surface area contributed by atoms with Crippen LogP contribution in [0.1, 0.15) is 24.6 Å². The Balaban J connectivity index is 1.60. The maximum absolute atomic E-state index is 13.9. The predicted molar refractivity (Wildman–Crippen MR) is 130 cm³/mol. The molecular formula is C26H29F2N5. The Morgan fingerprint density at radius 1 is 1.12 bits per heavy atom. The molecule has 1 aliphatic rings. The van der Waals surface area contributed by atoms with Crippen molar-refractivity contribution in [2.45, 2.75) is 25.7 Å². The molecule has 0 saturated carbocycles. The zero-order valence-electron chi connectivity index (χ0n) is 19.1. The molecule has 1 aliphatic heterocycles. The Morgan fingerprint density at radius 2 is 1.97 bits per heavy atom. The number of hydrogen-bond acceptors (Lipinski definition) is 5. The smallest absolute Gasteiger partial charge is 0.270 e. The van der Waals surface area contributed by atoms with Gasteiger partial charge < -0.3 is 15.1 Å². The fourth-order valence-corrected chi connectivity index (χ4v) is 3.98. The number of halogens is 2. The van der Waals surface area contributed by atoms with Gasteiger partial charge in [0.25, 0.3) is 5.92 Å². The number of alkyl halides is 2. The average Bonchev–Trinajstić information content (AvgIpc) is 2.97. The van der Waals surface area contributed by atoms with Gasteiger partial charge in [-0.2, -0.15) is 0 Å². The summed E-state index contributed by atoms with van der Waals surface area (Å²) in [5.74, 6) is -1.36. The number of rotatable bonds is 7.